The van der Waals surface area contributed by atoms with Gasteiger partial charge >= 0.3 is 0 Å². The Kier molecular flexibility index (Phi) is 2.96. The number of likely N-dealkylation sites (tertiary alicyclic amines) is 1. The largest absolute Gasteiger partial charge is 0.337 e. The molecule has 1 amide bonds. The highest BCUT2D eigenvalue weighted by Crippen LogP contribution is 2.29. The highest BCUT2D eigenvalue weighted by atomic mass is 16.2. The molecule has 1 aromatic rings. The summed E-state index contributed by atoms with van der Waals surface area (Å²) in [4.78, 5) is 13.8. The fourth-order valence-electron chi connectivity index (χ4n) is 2.00. The van der Waals surface area contributed by atoms with Crippen molar-refractivity contribution in [2.24, 2.45) is 11.1 Å². The molecule has 1 aliphatic rings. The van der Waals surface area contributed by atoms with E-state index in [9.17, 15) is 4.79 Å². The van der Waals surface area contributed by atoms with E-state index in [2.05, 4.69) is 17.1 Å². The van der Waals surface area contributed by atoms with Crippen LogP contribution in [0.25, 0.3) is 0 Å². The van der Waals surface area contributed by atoms with Gasteiger partial charge in [-0.25, -0.2) is 0 Å². The van der Waals surface area contributed by atoms with Gasteiger partial charge in [0, 0.05) is 19.3 Å². The molecular weight excluding hydrogens is 204 g/mol. The molecule has 0 saturated carbocycles. The Labute approximate surface area is 95.0 Å². The van der Waals surface area contributed by atoms with Crippen molar-refractivity contribution in [3.63, 3.8) is 0 Å². The minimum atomic E-state index is 0.0385. The Morgan fingerprint density at radius 2 is 2.31 bits per heavy atom. The van der Waals surface area contributed by atoms with E-state index in [1.807, 2.05) is 4.90 Å². The van der Waals surface area contributed by atoms with Crippen molar-refractivity contribution in [1.29, 1.82) is 0 Å². The van der Waals surface area contributed by atoms with Gasteiger partial charge in [-0.2, -0.15) is 5.10 Å². The van der Waals surface area contributed by atoms with E-state index in [-0.39, 0.29) is 11.3 Å². The monoisotopic (exact) mass is 222 g/mol. The molecule has 0 atom stereocenters. The van der Waals surface area contributed by atoms with Crippen molar-refractivity contribution in [3.8, 4) is 0 Å². The summed E-state index contributed by atoms with van der Waals surface area (Å²) in [6.45, 7) is 4.45. The van der Waals surface area contributed by atoms with E-state index in [4.69, 9.17) is 5.73 Å². The van der Waals surface area contributed by atoms with E-state index in [0.717, 1.165) is 25.9 Å². The summed E-state index contributed by atoms with van der Waals surface area (Å²) in [6.07, 6.45) is 3.55. The summed E-state index contributed by atoms with van der Waals surface area (Å²) < 4.78 is 0. The molecule has 5 heteroatoms. The number of hydrogen-bond donors (Lipinski definition) is 2. The number of aromatic amines is 1. The molecule has 0 radical (unpaired) electrons. The van der Waals surface area contributed by atoms with Crippen molar-refractivity contribution < 1.29 is 4.79 Å². The number of nitrogens with two attached hydrogens (primary N) is 1. The number of rotatable bonds is 2. The lowest BCUT2D eigenvalue weighted by Crippen LogP contribution is -2.44. The smallest absolute Gasteiger partial charge is 0.271 e. The van der Waals surface area contributed by atoms with Crippen LogP contribution in [0.5, 0.6) is 0 Å². The molecule has 16 heavy (non-hydrogen) atoms. The highest BCUT2D eigenvalue weighted by molar-refractivity contribution is 5.92. The average Bonchev–Trinajstić information content (AvgIpc) is 2.83. The highest BCUT2D eigenvalue weighted by Gasteiger charge is 2.31. The van der Waals surface area contributed by atoms with Gasteiger partial charge in [-0.05, 0) is 30.9 Å². The van der Waals surface area contributed by atoms with Crippen molar-refractivity contribution in [2.75, 3.05) is 19.6 Å². The maximum absolute atomic E-state index is 12.0. The first-order chi connectivity index (χ1) is 7.64. The lowest BCUT2D eigenvalue weighted by molar-refractivity contribution is 0.0612. The van der Waals surface area contributed by atoms with E-state index in [0.29, 0.717) is 12.2 Å². The summed E-state index contributed by atoms with van der Waals surface area (Å²) in [5, 5.41) is 6.49. The Morgan fingerprint density at radius 3 is 2.81 bits per heavy atom. The Bertz CT molecular complexity index is 352. The zero-order valence-corrected chi connectivity index (χ0v) is 9.57. The van der Waals surface area contributed by atoms with Crippen LogP contribution in [0.2, 0.25) is 0 Å². The van der Waals surface area contributed by atoms with Gasteiger partial charge in [-0.3, -0.25) is 9.89 Å². The summed E-state index contributed by atoms with van der Waals surface area (Å²) >= 11 is 0. The summed E-state index contributed by atoms with van der Waals surface area (Å²) in [5.41, 5.74) is 6.50. The fraction of sp³-hybridized carbons (Fsp3) is 0.636. The van der Waals surface area contributed by atoms with Crippen LogP contribution in [0.15, 0.2) is 12.3 Å². The average molecular weight is 222 g/mol. The first-order valence-corrected chi connectivity index (χ1v) is 5.63. The normalized spacial score (nSPS) is 19.8. The molecule has 3 N–H and O–H groups in total. The quantitative estimate of drug-likeness (QED) is 0.770. The first kappa shape index (κ1) is 11.1. The Morgan fingerprint density at radius 1 is 1.62 bits per heavy atom. The molecule has 1 saturated heterocycles. The molecule has 1 fully saturated rings. The van der Waals surface area contributed by atoms with Gasteiger partial charge in [-0.15, -0.1) is 0 Å². The van der Waals surface area contributed by atoms with Crippen molar-refractivity contribution in [2.45, 2.75) is 19.8 Å². The second kappa shape index (κ2) is 4.25. The zero-order chi connectivity index (χ0) is 11.6. The molecule has 0 unspecified atom stereocenters. The summed E-state index contributed by atoms with van der Waals surface area (Å²) in [5.74, 6) is 0.0385. The molecule has 0 bridgehead atoms. The predicted molar refractivity (Wildman–Crippen MR) is 60.9 cm³/mol. The van der Waals surface area contributed by atoms with Crippen LogP contribution < -0.4 is 5.73 Å². The van der Waals surface area contributed by atoms with E-state index >= 15 is 0 Å². The third-order valence-electron chi connectivity index (χ3n) is 3.48. The van der Waals surface area contributed by atoms with Crippen LogP contribution in [0.1, 0.15) is 30.3 Å². The number of aromatic nitrogens is 2. The maximum atomic E-state index is 12.0. The van der Waals surface area contributed by atoms with Crippen LogP contribution in [0, 0.1) is 5.41 Å². The van der Waals surface area contributed by atoms with Crippen molar-refractivity contribution in [1.82, 2.24) is 15.1 Å². The molecule has 2 rings (SSSR count). The minimum Gasteiger partial charge on any atom is -0.337 e. The topological polar surface area (TPSA) is 75.0 Å². The number of amides is 1. The number of carbonyl (C=O) groups excluding carboxylic acids is 1. The van der Waals surface area contributed by atoms with Gasteiger partial charge in [0.05, 0.1) is 0 Å². The first-order valence-electron chi connectivity index (χ1n) is 5.63. The van der Waals surface area contributed by atoms with Crippen LogP contribution in [-0.4, -0.2) is 40.6 Å². The second-order valence-electron chi connectivity index (χ2n) is 4.78. The Balaban J connectivity index is 1.97. The number of carbonyl (C=O) groups is 1. The molecule has 0 aromatic carbocycles. The second-order valence-corrected chi connectivity index (χ2v) is 4.78. The van der Waals surface area contributed by atoms with Gasteiger partial charge in [0.1, 0.15) is 5.69 Å². The van der Waals surface area contributed by atoms with E-state index in [1.54, 1.807) is 12.3 Å². The summed E-state index contributed by atoms with van der Waals surface area (Å²) in [7, 11) is 0. The zero-order valence-electron chi connectivity index (χ0n) is 9.57. The third kappa shape index (κ3) is 2.09. The van der Waals surface area contributed by atoms with Crippen molar-refractivity contribution in [3.05, 3.63) is 18.0 Å². The molecule has 1 aliphatic heterocycles. The van der Waals surface area contributed by atoms with Gasteiger partial charge in [-0.1, -0.05) is 6.92 Å². The molecule has 0 aliphatic carbocycles. The predicted octanol–water partition coefficient (Wildman–Crippen LogP) is 0.611. The van der Waals surface area contributed by atoms with E-state index < -0.39 is 0 Å². The molecular formula is C11H18N4O. The van der Waals surface area contributed by atoms with Crippen LogP contribution in [-0.2, 0) is 0 Å². The lowest BCUT2D eigenvalue weighted by Gasteiger charge is -2.38. The molecule has 0 spiro atoms. The SMILES string of the molecule is CC1(CN)CCN(C(=O)c2ccn[nH]2)CC1. The maximum Gasteiger partial charge on any atom is 0.271 e. The number of hydrogen-bond acceptors (Lipinski definition) is 3. The third-order valence-corrected chi connectivity index (χ3v) is 3.48. The minimum absolute atomic E-state index is 0.0385. The van der Waals surface area contributed by atoms with Crippen LogP contribution in [0.4, 0.5) is 0 Å². The van der Waals surface area contributed by atoms with Crippen LogP contribution in [0.3, 0.4) is 0 Å². The number of nitrogens with one attached hydrogen (secondary N) is 1. The number of piperidine rings is 1. The van der Waals surface area contributed by atoms with Gasteiger partial charge < -0.3 is 10.6 Å². The fourth-order valence-corrected chi connectivity index (χ4v) is 2.00. The number of nitrogens with zero attached hydrogens (tertiary/aromatic N) is 2. The molecule has 1 aromatic heterocycles. The number of H-pyrrole nitrogens is 1. The van der Waals surface area contributed by atoms with Gasteiger partial charge in [0.25, 0.3) is 5.91 Å². The van der Waals surface area contributed by atoms with Gasteiger partial charge in [0.15, 0.2) is 0 Å². The molecule has 88 valence electrons. The summed E-state index contributed by atoms with van der Waals surface area (Å²) in [6, 6.07) is 1.71. The molecule has 5 nitrogen and oxygen atoms in total. The lowest BCUT2D eigenvalue weighted by atomic mass is 9.80. The standard InChI is InChI=1S/C11H18N4O/c1-11(8-12)3-6-15(7-4-11)10(16)9-2-5-13-14-9/h2,5H,3-4,6-8,12H2,1H3,(H,13,14). The van der Waals surface area contributed by atoms with E-state index in [1.165, 1.54) is 0 Å². The van der Waals surface area contributed by atoms with Gasteiger partial charge in [0.2, 0.25) is 0 Å². The Hall–Kier alpha value is -1.36. The molecule has 2 heterocycles. The van der Waals surface area contributed by atoms with Crippen LogP contribution >= 0.6 is 0 Å². The van der Waals surface area contributed by atoms with Crippen molar-refractivity contribution >= 4 is 5.91 Å².